The van der Waals surface area contributed by atoms with E-state index in [1.165, 1.54) is 31.3 Å². The second-order valence-electron chi connectivity index (χ2n) is 6.69. The SMILES string of the molecule is CCCN(C(=O)COC(=O)/C=C/c1cc(OC)ccc1OC)[C@@H]1CCS(=O)(=O)C1. The van der Waals surface area contributed by atoms with E-state index in [1.807, 2.05) is 6.92 Å². The minimum absolute atomic E-state index is 0.0395. The Labute approximate surface area is 171 Å². The molecule has 0 unspecified atom stereocenters. The summed E-state index contributed by atoms with van der Waals surface area (Å²) < 4.78 is 38.9. The van der Waals surface area contributed by atoms with E-state index in [0.717, 1.165) is 0 Å². The summed E-state index contributed by atoms with van der Waals surface area (Å²) in [5, 5.41) is 0. The van der Waals surface area contributed by atoms with E-state index in [4.69, 9.17) is 14.2 Å². The standard InChI is InChI=1S/C20H27NO7S/c1-4-10-21(16-9-11-29(24,25)14-16)19(22)13-28-20(23)8-5-15-12-17(26-2)6-7-18(15)27-3/h5-8,12,16H,4,9-11,13-14H2,1-3H3/b8-5+/t16-/m1/s1. The number of amides is 1. The molecule has 0 aliphatic carbocycles. The molecule has 1 aliphatic rings. The zero-order valence-electron chi connectivity index (χ0n) is 16.9. The molecule has 0 saturated carbocycles. The monoisotopic (exact) mass is 425 g/mol. The van der Waals surface area contributed by atoms with Crippen LogP contribution in [0.15, 0.2) is 24.3 Å². The summed E-state index contributed by atoms with van der Waals surface area (Å²) in [7, 11) is -0.0601. The van der Waals surface area contributed by atoms with Crippen molar-refractivity contribution in [2.75, 3.05) is 38.9 Å². The van der Waals surface area contributed by atoms with Crippen molar-refractivity contribution < 1.29 is 32.2 Å². The van der Waals surface area contributed by atoms with Gasteiger partial charge >= 0.3 is 5.97 Å². The molecule has 0 aromatic heterocycles. The zero-order chi connectivity index (χ0) is 21.4. The Kier molecular flexibility index (Phi) is 8.07. The van der Waals surface area contributed by atoms with Crippen LogP contribution in [0.5, 0.6) is 11.5 Å². The number of hydrogen-bond acceptors (Lipinski definition) is 7. The molecule has 1 fully saturated rings. The topological polar surface area (TPSA) is 99.2 Å². The highest BCUT2D eigenvalue weighted by Crippen LogP contribution is 2.25. The number of nitrogens with zero attached hydrogens (tertiary/aromatic N) is 1. The minimum atomic E-state index is -3.11. The van der Waals surface area contributed by atoms with Crippen LogP contribution in [0, 0.1) is 0 Å². The maximum absolute atomic E-state index is 12.5. The second kappa shape index (κ2) is 10.3. The van der Waals surface area contributed by atoms with Gasteiger partial charge in [0.05, 0.1) is 25.7 Å². The molecule has 0 bridgehead atoms. The van der Waals surface area contributed by atoms with Crippen molar-refractivity contribution in [1.82, 2.24) is 4.90 Å². The molecule has 0 spiro atoms. The van der Waals surface area contributed by atoms with Gasteiger partial charge in [-0.15, -0.1) is 0 Å². The van der Waals surface area contributed by atoms with Crippen LogP contribution in [0.25, 0.3) is 6.08 Å². The number of esters is 1. The maximum atomic E-state index is 12.5. The van der Waals surface area contributed by atoms with Crippen molar-refractivity contribution in [2.45, 2.75) is 25.8 Å². The first-order valence-corrected chi connectivity index (χ1v) is 11.2. The molecule has 1 amide bonds. The molecule has 1 saturated heterocycles. The number of benzene rings is 1. The molecular weight excluding hydrogens is 398 g/mol. The van der Waals surface area contributed by atoms with Gasteiger partial charge in [0.2, 0.25) is 0 Å². The lowest BCUT2D eigenvalue weighted by Gasteiger charge is -2.27. The number of methoxy groups -OCH3 is 2. The molecule has 1 aromatic rings. The van der Waals surface area contributed by atoms with Gasteiger partial charge in [0.25, 0.3) is 5.91 Å². The highest BCUT2D eigenvalue weighted by Gasteiger charge is 2.34. The van der Waals surface area contributed by atoms with Crippen LogP contribution in [0.3, 0.4) is 0 Å². The minimum Gasteiger partial charge on any atom is -0.497 e. The van der Waals surface area contributed by atoms with Gasteiger partial charge < -0.3 is 19.1 Å². The Bertz CT molecular complexity index is 864. The van der Waals surface area contributed by atoms with E-state index in [-0.39, 0.29) is 17.5 Å². The first kappa shape index (κ1) is 22.7. The van der Waals surface area contributed by atoms with Crippen molar-refractivity contribution in [3.63, 3.8) is 0 Å². The lowest BCUT2D eigenvalue weighted by molar-refractivity contribution is -0.149. The fraction of sp³-hybridized carbons (Fsp3) is 0.500. The molecule has 8 nitrogen and oxygen atoms in total. The largest absolute Gasteiger partial charge is 0.497 e. The summed E-state index contributed by atoms with van der Waals surface area (Å²) in [5.41, 5.74) is 0.624. The molecule has 1 aromatic carbocycles. The van der Waals surface area contributed by atoms with Gasteiger partial charge in [0, 0.05) is 24.2 Å². The normalized spacial score (nSPS) is 17.8. The van der Waals surface area contributed by atoms with Gasteiger partial charge in [0.15, 0.2) is 16.4 Å². The third-order valence-corrected chi connectivity index (χ3v) is 6.36. The predicted octanol–water partition coefficient (Wildman–Crippen LogP) is 1.69. The van der Waals surface area contributed by atoms with Gasteiger partial charge in [-0.25, -0.2) is 13.2 Å². The third-order valence-electron chi connectivity index (χ3n) is 4.61. The van der Waals surface area contributed by atoms with E-state index < -0.39 is 28.3 Å². The van der Waals surface area contributed by atoms with Gasteiger partial charge in [0.1, 0.15) is 11.5 Å². The molecule has 2 rings (SSSR count). The number of carbonyl (C=O) groups is 2. The fourth-order valence-electron chi connectivity index (χ4n) is 3.16. The Morgan fingerprint density at radius 2 is 2.00 bits per heavy atom. The average Bonchev–Trinajstić information content (AvgIpc) is 3.07. The lowest BCUT2D eigenvalue weighted by Crippen LogP contribution is -2.43. The molecule has 9 heteroatoms. The van der Waals surface area contributed by atoms with E-state index >= 15 is 0 Å². The molecule has 160 valence electrons. The average molecular weight is 426 g/mol. The predicted molar refractivity (Wildman–Crippen MR) is 109 cm³/mol. The van der Waals surface area contributed by atoms with Crippen molar-refractivity contribution in [3.05, 3.63) is 29.8 Å². The zero-order valence-corrected chi connectivity index (χ0v) is 17.7. The lowest BCUT2D eigenvalue weighted by atomic mass is 10.1. The van der Waals surface area contributed by atoms with E-state index in [1.54, 1.807) is 18.2 Å². The Morgan fingerprint density at radius 1 is 1.24 bits per heavy atom. The summed E-state index contributed by atoms with van der Waals surface area (Å²) in [5.74, 6) is 0.129. The maximum Gasteiger partial charge on any atom is 0.331 e. The van der Waals surface area contributed by atoms with Crippen LogP contribution in [0.4, 0.5) is 0 Å². The Morgan fingerprint density at radius 3 is 2.59 bits per heavy atom. The van der Waals surface area contributed by atoms with E-state index in [2.05, 4.69) is 0 Å². The highest BCUT2D eigenvalue weighted by atomic mass is 32.2. The number of rotatable bonds is 9. The molecule has 1 aliphatic heterocycles. The summed E-state index contributed by atoms with van der Waals surface area (Å²) in [6, 6.07) is 4.80. The first-order valence-electron chi connectivity index (χ1n) is 9.36. The number of carbonyl (C=O) groups excluding carboxylic acids is 2. The van der Waals surface area contributed by atoms with Crippen molar-refractivity contribution >= 4 is 27.8 Å². The molecule has 1 heterocycles. The highest BCUT2D eigenvalue weighted by molar-refractivity contribution is 7.91. The molecule has 29 heavy (non-hydrogen) atoms. The third kappa shape index (κ3) is 6.49. The fourth-order valence-corrected chi connectivity index (χ4v) is 4.90. The summed E-state index contributed by atoms with van der Waals surface area (Å²) in [4.78, 5) is 26.0. The van der Waals surface area contributed by atoms with Gasteiger partial charge in [-0.1, -0.05) is 6.92 Å². The number of sulfone groups is 1. The second-order valence-corrected chi connectivity index (χ2v) is 8.92. The first-order chi connectivity index (χ1) is 13.8. The van der Waals surface area contributed by atoms with Crippen molar-refractivity contribution in [1.29, 1.82) is 0 Å². The Hall–Kier alpha value is -2.55. The van der Waals surface area contributed by atoms with Crippen LogP contribution in [0.1, 0.15) is 25.3 Å². The Balaban J connectivity index is 1.97. The van der Waals surface area contributed by atoms with Gasteiger partial charge in [-0.2, -0.15) is 0 Å². The quantitative estimate of drug-likeness (QED) is 0.438. The summed E-state index contributed by atoms with van der Waals surface area (Å²) >= 11 is 0. The smallest absolute Gasteiger partial charge is 0.331 e. The van der Waals surface area contributed by atoms with E-state index in [9.17, 15) is 18.0 Å². The van der Waals surface area contributed by atoms with Crippen molar-refractivity contribution in [3.8, 4) is 11.5 Å². The molecular formula is C20H27NO7S. The van der Waals surface area contributed by atoms with Crippen LogP contribution in [-0.2, 0) is 24.2 Å². The van der Waals surface area contributed by atoms with Crippen LogP contribution in [-0.4, -0.2) is 70.1 Å². The van der Waals surface area contributed by atoms with Crippen LogP contribution in [0.2, 0.25) is 0 Å². The van der Waals surface area contributed by atoms with Crippen LogP contribution >= 0.6 is 0 Å². The van der Waals surface area contributed by atoms with Gasteiger partial charge in [-0.05, 0) is 37.1 Å². The van der Waals surface area contributed by atoms with Crippen molar-refractivity contribution in [2.24, 2.45) is 0 Å². The molecule has 1 atom stereocenters. The van der Waals surface area contributed by atoms with Gasteiger partial charge in [-0.3, -0.25) is 4.79 Å². The van der Waals surface area contributed by atoms with Crippen LogP contribution < -0.4 is 9.47 Å². The van der Waals surface area contributed by atoms with E-state index in [0.29, 0.717) is 36.4 Å². The number of hydrogen-bond donors (Lipinski definition) is 0. The molecule has 0 radical (unpaired) electrons. The molecule has 0 N–H and O–H groups in total. The number of ether oxygens (including phenoxy) is 3. The summed E-state index contributed by atoms with van der Waals surface area (Å²) in [6.45, 7) is 1.89. The summed E-state index contributed by atoms with van der Waals surface area (Å²) in [6.07, 6.45) is 3.82.